The summed E-state index contributed by atoms with van der Waals surface area (Å²) in [5, 5.41) is 10.7. The quantitative estimate of drug-likeness (QED) is 0.544. The molecule has 0 aliphatic heterocycles. The van der Waals surface area contributed by atoms with Crippen molar-refractivity contribution in [2.24, 2.45) is 0 Å². The van der Waals surface area contributed by atoms with Crippen LogP contribution >= 0.6 is 0 Å². The van der Waals surface area contributed by atoms with Crippen LogP contribution in [0.4, 0.5) is 5.82 Å². The minimum atomic E-state index is 0.500. The number of nitriles is 1. The average molecular weight is 218 g/mol. The van der Waals surface area contributed by atoms with E-state index in [9.17, 15) is 0 Å². The van der Waals surface area contributed by atoms with E-state index in [2.05, 4.69) is 15.9 Å². The molecule has 17 heavy (non-hydrogen) atoms. The Bertz CT molecular complexity index is 815. The van der Waals surface area contributed by atoms with E-state index >= 15 is 0 Å². The Morgan fingerprint density at radius 3 is 3.00 bits per heavy atom. The molecule has 2 aromatic heterocycles. The molecule has 0 fully saturated rings. The Morgan fingerprint density at radius 1 is 1.35 bits per heavy atom. The van der Waals surface area contributed by atoms with Crippen molar-refractivity contribution in [1.82, 2.24) is 9.38 Å². The maximum absolute atomic E-state index is 8.87. The zero-order chi connectivity index (χ0) is 11.8. The maximum atomic E-state index is 8.87. The van der Waals surface area contributed by atoms with Gasteiger partial charge >= 0.3 is 0 Å². The minimum Gasteiger partial charge on any atom is -0.364 e. The van der Waals surface area contributed by atoms with Crippen molar-refractivity contribution in [3.63, 3.8) is 0 Å². The van der Waals surface area contributed by atoms with Crippen LogP contribution in [0.15, 0.2) is 36.7 Å². The first kappa shape index (κ1) is 9.38. The number of imidazole rings is 1. The molecular weight excluding hydrogens is 212 g/mol. The highest BCUT2D eigenvalue weighted by molar-refractivity contribution is 5.96. The Kier molecular flexibility index (Phi) is 1.84. The van der Waals surface area contributed by atoms with Crippen LogP contribution in [0.3, 0.4) is 0 Å². The Hall–Kier alpha value is -2.85. The topological polar surface area (TPSA) is 45.5 Å². The van der Waals surface area contributed by atoms with Crippen LogP contribution in [-0.4, -0.2) is 9.38 Å². The van der Waals surface area contributed by atoms with Crippen LogP contribution in [-0.2, 0) is 0 Å². The van der Waals surface area contributed by atoms with Crippen LogP contribution in [0.1, 0.15) is 5.56 Å². The monoisotopic (exact) mass is 218 g/mol. The van der Waals surface area contributed by atoms with Crippen molar-refractivity contribution in [1.29, 1.82) is 5.26 Å². The maximum Gasteiger partial charge on any atom is 0.237 e. The summed E-state index contributed by atoms with van der Waals surface area (Å²) in [6.45, 7) is 7.15. The molecule has 4 heteroatoms. The predicted molar refractivity (Wildman–Crippen MR) is 63.7 cm³/mol. The molecule has 0 saturated heterocycles. The lowest BCUT2D eigenvalue weighted by Crippen LogP contribution is -1.87. The summed E-state index contributed by atoms with van der Waals surface area (Å²) in [5.74, 6) is 0.500. The SMILES string of the molecule is [C-]#[N+]c1cc2cc(C#N)ccc2c2nccn12. The van der Waals surface area contributed by atoms with Gasteiger partial charge in [0, 0.05) is 5.39 Å². The molecule has 0 atom stereocenters. The van der Waals surface area contributed by atoms with Gasteiger partial charge in [0.25, 0.3) is 0 Å². The van der Waals surface area contributed by atoms with Gasteiger partial charge in [-0.15, -0.1) is 0 Å². The van der Waals surface area contributed by atoms with E-state index in [1.54, 1.807) is 35.0 Å². The van der Waals surface area contributed by atoms with Crippen LogP contribution in [0.5, 0.6) is 0 Å². The fourth-order valence-electron chi connectivity index (χ4n) is 1.94. The molecule has 3 rings (SSSR count). The average Bonchev–Trinajstić information content (AvgIpc) is 2.86. The predicted octanol–water partition coefficient (Wildman–Crippen LogP) is 2.91. The van der Waals surface area contributed by atoms with Crippen LogP contribution < -0.4 is 0 Å². The van der Waals surface area contributed by atoms with E-state index in [4.69, 9.17) is 11.8 Å². The van der Waals surface area contributed by atoms with E-state index in [-0.39, 0.29) is 0 Å². The molecule has 0 spiro atoms. The summed E-state index contributed by atoms with van der Waals surface area (Å²) >= 11 is 0. The fourth-order valence-corrected chi connectivity index (χ4v) is 1.94. The summed E-state index contributed by atoms with van der Waals surface area (Å²) in [4.78, 5) is 7.71. The zero-order valence-corrected chi connectivity index (χ0v) is 8.75. The van der Waals surface area contributed by atoms with Gasteiger partial charge in [-0.1, -0.05) is 6.57 Å². The fraction of sp³-hybridized carbons (Fsp3) is 0. The van der Waals surface area contributed by atoms with E-state index < -0.39 is 0 Å². The molecule has 0 saturated carbocycles. The number of hydrogen-bond donors (Lipinski definition) is 0. The molecule has 78 valence electrons. The number of aromatic nitrogens is 2. The molecule has 0 amide bonds. The number of hydrogen-bond acceptors (Lipinski definition) is 2. The lowest BCUT2D eigenvalue weighted by Gasteiger charge is -2.02. The molecule has 3 aromatic rings. The zero-order valence-electron chi connectivity index (χ0n) is 8.75. The molecule has 0 bridgehead atoms. The Labute approximate surface area is 97.2 Å². The lowest BCUT2D eigenvalue weighted by molar-refractivity contribution is 1.23. The van der Waals surface area contributed by atoms with Crippen LogP contribution in [0, 0.1) is 17.9 Å². The van der Waals surface area contributed by atoms with E-state index in [0.717, 1.165) is 16.4 Å². The van der Waals surface area contributed by atoms with Gasteiger partial charge < -0.3 is 4.85 Å². The number of fused-ring (bicyclic) bond motifs is 3. The molecule has 0 aliphatic rings. The highest BCUT2D eigenvalue weighted by atomic mass is 15.1. The van der Waals surface area contributed by atoms with Crippen molar-refractivity contribution in [3.8, 4) is 6.07 Å². The second kappa shape index (κ2) is 3.33. The second-order valence-electron chi connectivity index (χ2n) is 3.65. The van der Waals surface area contributed by atoms with Crippen molar-refractivity contribution >= 4 is 22.2 Å². The van der Waals surface area contributed by atoms with Gasteiger partial charge in [-0.05, 0) is 29.7 Å². The van der Waals surface area contributed by atoms with Gasteiger partial charge in [0.15, 0.2) is 0 Å². The molecular formula is C13H6N4. The summed E-state index contributed by atoms with van der Waals surface area (Å²) in [5.41, 5.74) is 1.34. The number of pyridine rings is 1. The van der Waals surface area contributed by atoms with Crippen molar-refractivity contribution in [2.75, 3.05) is 0 Å². The van der Waals surface area contributed by atoms with Gasteiger partial charge in [0.05, 0.1) is 24.0 Å². The number of rotatable bonds is 0. The molecule has 4 nitrogen and oxygen atoms in total. The molecule has 0 N–H and O–H groups in total. The normalized spacial score (nSPS) is 10.2. The van der Waals surface area contributed by atoms with Gasteiger partial charge in [0.1, 0.15) is 0 Å². The van der Waals surface area contributed by atoms with Crippen LogP contribution in [0.2, 0.25) is 0 Å². The Balaban J connectivity index is 2.55. The van der Waals surface area contributed by atoms with Crippen molar-refractivity contribution in [3.05, 3.63) is 53.6 Å². The van der Waals surface area contributed by atoms with Gasteiger partial charge in [-0.25, -0.2) is 9.38 Å². The van der Waals surface area contributed by atoms with Gasteiger partial charge in [-0.3, -0.25) is 0 Å². The standard InChI is InChI=1S/C13H6N4/c1-15-12-7-10-6-9(8-14)2-3-11(10)13-16-4-5-17(12)13/h2-7H. The number of benzene rings is 1. The van der Waals surface area contributed by atoms with Crippen LogP contribution in [0.25, 0.3) is 21.3 Å². The summed E-state index contributed by atoms with van der Waals surface area (Å²) in [7, 11) is 0. The third kappa shape index (κ3) is 1.25. The first-order chi connectivity index (χ1) is 8.33. The summed E-state index contributed by atoms with van der Waals surface area (Å²) < 4.78 is 1.75. The van der Waals surface area contributed by atoms with E-state index in [1.807, 2.05) is 6.07 Å². The van der Waals surface area contributed by atoms with Crippen molar-refractivity contribution < 1.29 is 0 Å². The van der Waals surface area contributed by atoms with E-state index in [1.165, 1.54) is 0 Å². The molecule has 2 heterocycles. The molecule has 0 unspecified atom stereocenters. The van der Waals surface area contributed by atoms with E-state index in [0.29, 0.717) is 11.4 Å². The first-order valence-electron chi connectivity index (χ1n) is 5.01. The molecule has 0 radical (unpaired) electrons. The van der Waals surface area contributed by atoms with Crippen molar-refractivity contribution in [2.45, 2.75) is 0 Å². The van der Waals surface area contributed by atoms with Gasteiger partial charge in [-0.2, -0.15) is 5.26 Å². The largest absolute Gasteiger partial charge is 0.364 e. The molecule has 0 aliphatic carbocycles. The first-order valence-corrected chi connectivity index (χ1v) is 5.01. The minimum absolute atomic E-state index is 0.500. The third-order valence-corrected chi connectivity index (χ3v) is 2.71. The van der Waals surface area contributed by atoms with Gasteiger partial charge in [0.2, 0.25) is 11.5 Å². The highest BCUT2D eigenvalue weighted by Crippen LogP contribution is 2.26. The lowest BCUT2D eigenvalue weighted by atomic mass is 10.1. The number of nitrogens with zero attached hydrogens (tertiary/aromatic N) is 4. The Morgan fingerprint density at radius 2 is 2.24 bits per heavy atom. The summed E-state index contributed by atoms with van der Waals surface area (Å²) in [6, 6.07) is 9.27. The second-order valence-corrected chi connectivity index (χ2v) is 3.65. The third-order valence-electron chi connectivity index (χ3n) is 2.71. The highest BCUT2D eigenvalue weighted by Gasteiger charge is 2.09. The summed E-state index contributed by atoms with van der Waals surface area (Å²) in [6.07, 6.45) is 3.43. The smallest absolute Gasteiger partial charge is 0.237 e. The molecule has 1 aromatic carbocycles.